The van der Waals surface area contributed by atoms with Gasteiger partial charge in [0.1, 0.15) is 16.9 Å². The Bertz CT molecular complexity index is 500. The molecule has 0 aromatic heterocycles. The smallest absolute Gasteiger partial charge is 0.315 e. The Balaban J connectivity index is 3.24. The van der Waals surface area contributed by atoms with Crippen LogP contribution in [0.1, 0.15) is 20.8 Å². The lowest BCUT2D eigenvalue weighted by Crippen LogP contribution is -2.45. The van der Waals surface area contributed by atoms with E-state index in [0.717, 1.165) is 0 Å². The van der Waals surface area contributed by atoms with E-state index in [0.29, 0.717) is 12.2 Å². The number of nitro benzene ring substituents is 1. The topological polar surface area (TPSA) is 110 Å². The number of rotatable bonds is 6. The van der Waals surface area contributed by atoms with Crippen LogP contribution in [0.25, 0.3) is 0 Å². The minimum atomic E-state index is -1.07. The molecule has 4 N–H and O–H groups in total. The number of hydrogen-bond acceptors (Lipinski definition) is 5. The summed E-state index contributed by atoms with van der Waals surface area (Å²) in [6, 6.07) is 4.83. The van der Waals surface area contributed by atoms with E-state index in [1.165, 1.54) is 0 Å². The molecule has 1 rings (SSSR count). The first-order chi connectivity index (χ1) is 8.79. The SMILES string of the molecule is CCNc1cccc(NC(C)(C)C(N)=O)c1[N+](=O)[O-]. The molecule has 0 spiro atoms. The number of amides is 1. The van der Waals surface area contributed by atoms with E-state index in [1.54, 1.807) is 32.0 Å². The maximum absolute atomic E-state index is 11.3. The Morgan fingerprint density at radius 3 is 2.47 bits per heavy atom. The lowest BCUT2D eigenvalue weighted by Gasteiger charge is -2.23. The average molecular weight is 266 g/mol. The molecular formula is C12H18N4O3. The lowest BCUT2D eigenvalue weighted by molar-refractivity contribution is -0.383. The zero-order valence-corrected chi connectivity index (χ0v) is 11.2. The van der Waals surface area contributed by atoms with Crippen LogP contribution in [-0.2, 0) is 4.79 Å². The van der Waals surface area contributed by atoms with Gasteiger partial charge in [0.15, 0.2) is 0 Å². The maximum Gasteiger partial charge on any atom is 0.315 e. The first-order valence-electron chi connectivity index (χ1n) is 5.89. The molecule has 0 aliphatic carbocycles. The average Bonchev–Trinajstić information content (AvgIpc) is 2.28. The molecule has 7 heteroatoms. The van der Waals surface area contributed by atoms with E-state index in [9.17, 15) is 14.9 Å². The summed E-state index contributed by atoms with van der Waals surface area (Å²) in [5, 5.41) is 16.9. The monoisotopic (exact) mass is 266 g/mol. The van der Waals surface area contributed by atoms with Crippen molar-refractivity contribution in [3.63, 3.8) is 0 Å². The molecule has 0 aliphatic rings. The maximum atomic E-state index is 11.3. The molecule has 0 saturated heterocycles. The van der Waals surface area contributed by atoms with Gasteiger partial charge in [-0.1, -0.05) is 6.07 Å². The van der Waals surface area contributed by atoms with E-state index in [2.05, 4.69) is 10.6 Å². The lowest BCUT2D eigenvalue weighted by atomic mass is 10.0. The van der Waals surface area contributed by atoms with Gasteiger partial charge in [-0.3, -0.25) is 14.9 Å². The molecule has 0 saturated carbocycles. The highest BCUT2D eigenvalue weighted by Crippen LogP contribution is 2.34. The van der Waals surface area contributed by atoms with Crippen molar-refractivity contribution in [2.24, 2.45) is 5.73 Å². The van der Waals surface area contributed by atoms with Crippen LogP contribution in [0, 0.1) is 10.1 Å². The highest BCUT2D eigenvalue weighted by molar-refractivity contribution is 5.89. The molecule has 0 heterocycles. The fourth-order valence-corrected chi connectivity index (χ4v) is 1.57. The van der Waals surface area contributed by atoms with E-state index in [1.807, 2.05) is 6.92 Å². The number of nitrogens with zero attached hydrogens (tertiary/aromatic N) is 1. The van der Waals surface area contributed by atoms with Gasteiger partial charge in [-0.25, -0.2) is 0 Å². The van der Waals surface area contributed by atoms with Crippen molar-refractivity contribution >= 4 is 23.0 Å². The van der Waals surface area contributed by atoms with Gasteiger partial charge < -0.3 is 16.4 Å². The number of hydrogen-bond donors (Lipinski definition) is 3. The Morgan fingerprint density at radius 2 is 2.00 bits per heavy atom. The normalized spacial score (nSPS) is 10.9. The fraction of sp³-hybridized carbons (Fsp3) is 0.417. The molecule has 0 fully saturated rings. The van der Waals surface area contributed by atoms with Crippen molar-refractivity contribution in [2.75, 3.05) is 17.2 Å². The number of nitrogens with two attached hydrogens (primary N) is 1. The molecule has 0 radical (unpaired) electrons. The summed E-state index contributed by atoms with van der Waals surface area (Å²) < 4.78 is 0. The summed E-state index contributed by atoms with van der Waals surface area (Å²) in [6.45, 7) is 5.54. The summed E-state index contributed by atoms with van der Waals surface area (Å²) in [4.78, 5) is 22.0. The van der Waals surface area contributed by atoms with E-state index in [-0.39, 0.29) is 11.4 Å². The molecule has 0 bridgehead atoms. The Morgan fingerprint density at radius 1 is 1.42 bits per heavy atom. The van der Waals surface area contributed by atoms with Crippen LogP contribution < -0.4 is 16.4 Å². The zero-order valence-electron chi connectivity index (χ0n) is 11.2. The molecule has 0 aliphatic heterocycles. The highest BCUT2D eigenvalue weighted by Gasteiger charge is 2.29. The van der Waals surface area contributed by atoms with Crippen molar-refractivity contribution < 1.29 is 9.72 Å². The molecular weight excluding hydrogens is 248 g/mol. The Labute approximate surface area is 111 Å². The standard InChI is InChI=1S/C12H18N4O3/c1-4-14-8-6-5-7-9(10(8)16(18)19)15-12(2,3)11(13)17/h5-7,14-15H,4H2,1-3H3,(H2,13,17). The predicted octanol–water partition coefficient (Wildman–Crippen LogP) is 1.70. The van der Waals surface area contributed by atoms with Crippen molar-refractivity contribution in [1.29, 1.82) is 0 Å². The summed E-state index contributed by atoms with van der Waals surface area (Å²) in [6.07, 6.45) is 0. The van der Waals surface area contributed by atoms with Crippen LogP contribution >= 0.6 is 0 Å². The quantitative estimate of drug-likeness (QED) is 0.536. The van der Waals surface area contributed by atoms with Crippen molar-refractivity contribution in [1.82, 2.24) is 0 Å². The van der Waals surface area contributed by atoms with Gasteiger partial charge in [-0.15, -0.1) is 0 Å². The minimum absolute atomic E-state index is 0.0984. The summed E-state index contributed by atoms with van der Waals surface area (Å²) in [7, 11) is 0. The fourth-order valence-electron chi connectivity index (χ4n) is 1.57. The van der Waals surface area contributed by atoms with E-state index in [4.69, 9.17) is 5.73 Å². The summed E-state index contributed by atoms with van der Waals surface area (Å²) in [5.41, 5.74) is 4.74. The number of benzene rings is 1. The van der Waals surface area contributed by atoms with Crippen LogP contribution in [0.3, 0.4) is 0 Å². The van der Waals surface area contributed by atoms with Gasteiger partial charge in [0.25, 0.3) is 0 Å². The number of carbonyl (C=O) groups is 1. The van der Waals surface area contributed by atoms with Crippen molar-refractivity contribution in [3.05, 3.63) is 28.3 Å². The van der Waals surface area contributed by atoms with E-state index >= 15 is 0 Å². The third-order valence-corrected chi connectivity index (χ3v) is 2.65. The van der Waals surface area contributed by atoms with Crippen LogP contribution in [0.15, 0.2) is 18.2 Å². The van der Waals surface area contributed by atoms with Crippen molar-refractivity contribution in [3.8, 4) is 0 Å². The Hall–Kier alpha value is -2.31. The molecule has 0 atom stereocenters. The molecule has 104 valence electrons. The van der Waals surface area contributed by atoms with Gasteiger partial charge in [0.05, 0.1) is 4.92 Å². The number of nitrogens with one attached hydrogen (secondary N) is 2. The second-order valence-corrected chi connectivity index (χ2v) is 4.60. The first-order valence-corrected chi connectivity index (χ1v) is 5.89. The van der Waals surface area contributed by atoms with Crippen LogP contribution in [0.5, 0.6) is 0 Å². The molecule has 7 nitrogen and oxygen atoms in total. The van der Waals surface area contributed by atoms with Crippen molar-refractivity contribution in [2.45, 2.75) is 26.3 Å². The van der Waals surface area contributed by atoms with Gasteiger partial charge in [0.2, 0.25) is 5.91 Å². The number of para-hydroxylation sites is 1. The van der Waals surface area contributed by atoms with E-state index < -0.39 is 16.4 Å². The molecule has 1 aromatic rings. The third kappa shape index (κ3) is 3.34. The van der Waals surface area contributed by atoms with Gasteiger partial charge >= 0.3 is 5.69 Å². The predicted molar refractivity (Wildman–Crippen MR) is 74.2 cm³/mol. The summed E-state index contributed by atoms with van der Waals surface area (Å²) in [5.74, 6) is -0.587. The third-order valence-electron chi connectivity index (χ3n) is 2.65. The molecule has 19 heavy (non-hydrogen) atoms. The number of anilines is 2. The number of primary amides is 1. The minimum Gasteiger partial charge on any atom is -0.380 e. The van der Waals surface area contributed by atoms with Gasteiger partial charge in [0, 0.05) is 6.54 Å². The second kappa shape index (κ2) is 5.55. The number of carbonyl (C=O) groups excluding carboxylic acids is 1. The molecule has 1 amide bonds. The second-order valence-electron chi connectivity index (χ2n) is 4.60. The van der Waals surface area contributed by atoms with Crippen LogP contribution in [0.2, 0.25) is 0 Å². The Kier molecular flexibility index (Phi) is 4.31. The molecule has 0 unspecified atom stereocenters. The summed E-state index contributed by atoms with van der Waals surface area (Å²) >= 11 is 0. The zero-order chi connectivity index (χ0) is 14.6. The van der Waals surface area contributed by atoms with Crippen LogP contribution in [0.4, 0.5) is 17.1 Å². The largest absolute Gasteiger partial charge is 0.380 e. The number of nitro groups is 1. The molecule has 1 aromatic carbocycles. The van der Waals surface area contributed by atoms with Gasteiger partial charge in [-0.05, 0) is 32.9 Å². The van der Waals surface area contributed by atoms with Gasteiger partial charge in [-0.2, -0.15) is 0 Å². The highest BCUT2D eigenvalue weighted by atomic mass is 16.6. The first kappa shape index (κ1) is 14.7. The van der Waals surface area contributed by atoms with Crippen LogP contribution in [-0.4, -0.2) is 22.9 Å².